The highest BCUT2D eigenvalue weighted by Crippen LogP contribution is 2.28. The second kappa shape index (κ2) is 6.55. The Morgan fingerprint density at radius 1 is 1.30 bits per heavy atom. The summed E-state index contributed by atoms with van der Waals surface area (Å²) in [4.78, 5) is 14.7. The van der Waals surface area contributed by atoms with E-state index in [1.54, 1.807) is 36.6 Å². The van der Waals surface area contributed by atoms with Crippen LogP contribution in [-0.2, 0) is 0 Å². The highest BCUT2D eigenvalue weighted by molar-refractivity contribution is 9.10. The average Bonchev–Trinajstić information content (AvgIpc) is 3.16. The fourth-order valence-electron chi connectivity index (χ4n) is 2.08. The zero-order valence-corrected chi connectivity index (χ0v) is 14.9. The first-order valence-corrected chi connectivity index (χ1v) is 8.45. The number of aryl methyl sites for hydroxylation is 1. The molecule has 1 amide bonds. The average molecular weight is 392 g/mol. The number of aromatic amines is 1. The van der Waals surface area contributed by atoms with E-state index < -0.39 is 0 Å². The summed E-state index contributed by atoms with van der Waals surface area (Å²) in [6, 6.07) is 11.1. The molecule has 23 heavy (non-hydrogen) atoms. The molecule has 0 aliphatic rings. The Kier molecular flexibility index (Phi) is 4.49. The molecule has 0 fully saturated rings. The number of aromatic nitrogens is 2. The van der Waals surface area contributed by atoms with Gasteiger partial charge in [-0.25, -0.2) is 0 Å². The number of amides is 1. The minimum absolute atomic E-state index is 0.254. The fraction of sp³-hybridized carbons (Fsp3) is 0.125. The standard InChI is InChI=1S/C16H14BrN3O2S/c1-9-3-6-14(23-9)13-8-15(20-19-13)18-16(21)11-7-10(22-2)4-5-12(11)17/h3-8H,1-2H3,(H2,18,19,20,21). The summed E-state index contributed by atoms with van der Waals surface area (Å²) >= 11 is 5.04. The number of anilines is 1. The molecule has 0 spiro atoms. The van der Waals surface area contributed by atoms with Crippen molar-refractivity contribution < 1.29 is 9.53 Å². The van der Waals surface area contributed by atoms with Crippen molar-refractivity contribution in [3.63, 3.8) is 0 Å². The molecular weight excluding hydrogens is 378 g/mol. The highest BCUT2D eigenvalue weighted by Gasteiger charge is 2.14. The van der Waals surface area contributed by atoms with E-state index in [9.17, 15) is 4.79 Å². The number of nitrogens with zero attached hydrogens (tertiary/aromatic N) is 1. The molecule has 0 radical (unpaired) electrons. The SMILES string of the molecule is COc1ccc(Br)c(C(=O)Nc2cc(-c3ccc(C)s3)[nH]n2)c1. The number of thiophene rings is 1. The Morgan fingerprint density at radius 2 is 2.13 bits per heavy atom. The van der Waals surface area contributed by atoms with Crippen molar-refractivity contribution in [2.45, 2.75) is 6.92 Å². The van der Waals surface area contributed by atoms with Crippen molar-refractivity contribution in [3.05, 3.63) is 51.3 Å². The molecule has 0 aliphatic heterocycles. The first-order valence-electron chi connectivity index (χ1n) is 6.84. The summed E-state index contributed by atoms with van der Waals surface area (Å²) in [7, 11) is 1.56. The maximum atomic E-state index is 12.4. The topological polar surface area (TPSA) is 67.0 Å². The van der Waals surface area contributed by atoms with Gasteiger partial charge in [0, 0.05) is 15.4 Å². The Bertz CT molecular complexity index is 857. The molecule has 1 aromatic carbocycles. The Morgan fingerprint density at radius 3 is 2.83 bits per heavy atom. The molecule has 0 saturated carbocycles. The number of hydrogen-bond donors (Lipinski definition) is 2. The number of ether oxygens (including phenoxy) is 1. The van der Waals surface area contributed by atoms with E-state index in [2.05, 4.69) is 31.4 Å². The van der Waals surface area contributed by atoms with Gasteiger partial charge in [0.2, 0.25) is 0 Å². The quantitative estimate of drug-likeness (QED) is 0.689. The summed E-state index contributed by atoms with van der Waals surface area (Å²) in [6.07, 6.45) is 0. The van der Waals surface area contributed by atoms with Gasteiger partial charge in [-0.3, -0.25) is 9.89 Å². The van der Waals surface area contributed by atoms with Crippen molar-refractivity contribution in [3.8, 4) is 16.3 Å². The first-order chi connectivity index (χ1) is 11.1. The van der Waals surface area contributed by atoms with Gasteiger partial charge in [-0.05, 0) is 53.2 Å². The van der Waals surface area contributed by atoms with Gasteiger partial charge in [0.25, 0.3) is 5.91 Å². The Balaban J connectivity index is 1.80. The largest absolute Gasteiger partial charge is 0.497 e. The third-order valence-electron chi connectivity index (χ3n) is 3.24. The van der Waals surface area contributed by atoms with Gasteiger partial charge in [0.05, 0.1) is 23.2 Å². The van der Waals surface area contributed by atoms with Gasteiger partial charge in [-0.1, -0.05) is 0 Å². The molecule has 3 aromatic rings. The summed E-state index contributed by atoms with van der Waals surface area (Å²) in [5.74, 6) is 0.845. The maximum Gasteiger partial charge on any atom is 0.258 e. The van der Waals surface area contributed by atoms with E-state index in [0.717, 1.165) is 10.6 Å². The van der Waals surface area contributed by atoms with Gasteiger partial charge >= 0.3 is 0 Å². The Labute approximate surface area is 145 Å². The lowest BCUT2D eigenvalue weighted by Gasteiger charge is -2.06. The lowest BCUT2D eigenvalue weighted by Crippen LogP contribution is -2.13. The number of carbonyl (C=O) groups excluding carboxylic acids is 1. The smallest absolute Gasteiger partial charge is 0.258 e. The number of nitrogens with one attached hydrogen (secondary N) is 2. The van der Waals surface area contributed by atoms with Crippen LogP contribution in [0.3, 0.4) is 0 Å². The zero-order chi connectivity index (χ0) is 16.4. The number of carbonyl (C=O) groups is 1. The van der Waals surface area contributed by atoms with Crippen molar-refractivity contribution >= 4 is 39.0 Å². The molecule has 0 bridgehead atoms. The van der Waals surface area contributed by atoms with Gasteiger partial charge in [-0.15, -0.1) is 11.3 Å². The van der Waals surface area contributed by atoms with Crippen molar-refractivity contribution in [2.24, 2.45) is 0 Å². The van der Waals surface area contributed by atoms with Gasteiger partial charge < -0.3 is 10.1 Å². The number of halogens is 1. The molecule has 0 unspecified atom stereocenters. The van der Waals surface area contributed by atoms with E-state index in [4.69, 9.17) is 4.74 Å². The lowest BCUT2D eigenvalue weighted by molar-refractivity contribution is 0.102. The molecule has 3 rings (SSSR count). The monoisotopic (exact) mass is 391 g/mol. The van der Waals surface area contributed by atoms with E-state index in [0.29, 0.717) is 21.6 Å². The normalized spacial score (nSPS) is 10.6. The van der Waals surface area contributed by atoms with Gasteiger partial charge in [0.1, 0.15) is 5.75 Å². The van der Waals surface area contributed by atoms with E-state index in [1.165, 1.54) is 4.88 Å². The number of hydrogen-bond acceptors (Lipinski definition) is 4. The molecule has 118 valence electrons. The van der Waals surface area contributed by atoms with Crippen LogP contribution in [0.1, 0.15) is 15.2 Å². The highest BCUT2D eigenvalue weighted by atomic mass is 79.9. The van der Waals surface area contributed by atoms with Crippen LogP contribution in [0.25, 0.3) is 10.6 Å². The summed E-state index contributed by atoms with van der Waals surface area (Å²) in [6.45, 7) is 2.05. The van der Waals surface area contributed by atoms with Gasteiger partial charge in [0.15, 0.2) is 5.82 Å². The minimum atomic E-state index is -0.254. The van der Waals surface area contributed by atoms with Crippen molar-refractivity contribution in [2.75, 3.05) is 12.4 Å². The van der Waals surface area contributed by atoms with Crippen LogP contribution in [0.4, 0.5) is 5.82 Å². The summed E-state index contributed by atoms with van der Waals surface area (Å²) in [5, 5.41) is 9.87. The molecule has 2 aromatic heterocycles. The summed E-state index contributed by atoms with van der Waals surface area (Å²) in [5.41, 5.74) is 1.36. The fourth-order valence-corrected chi connectivity index (χ4v) is 3.34. The molecule has 5 nitrogen and oxygen atoms in total. The molecule has 0 aliphatic carbocycles. The first kappa shape index (κ1) is 15.8. The number of methoxy groups -OCH3 is 1. The Hall–Kier alpha value is -2.12. The molecular formula is C16H14BrN3O2S. The predicted octanol–water partition coefficient (Wildman–Crippen LogP) is 4.47. The zero-order valence-electron chi connectivity index (χ0n) is 12.5. The summed E-state index contributed by atoms with van der Waals surface area (Å²) < 4.78 is 5.85. The van der Waals surface area contributed by atoms with Crippen molar-refractivity contribution in [1.29, 1.82) is 0 Å². The van der Waals surface area contributed by atoms with E-state index in [-0.39, 0.29) is 5.91 Å². The molecule has 0 saturated heterocycles. The second-order valence-corrected chi connectivity index (χ2v) is 7.02. The molecule has 7 heteroatoms. The van der Waals surface area contributed by atoms with Crippen LogP contribution in [0, 0.1) is 6.92 Å². The van der Waals surface area contributed by atoms with Crippen LogP contribution in [0.15, 0.2) is 40.9 Å². The molecule has 0 atom stereocenters. The lowest BCUT2D eigenvalue weighted by atomic mass is 10.2. The molecule has 2 heterocycles. The third kappa shape index (κ3) is 3.46. The van der Waals surface area contributed by atoms with Crippen LogP contribution in [-0.4, -0.2) is 23.2 Å². The van der Waals surface area contributed by atoms with Gasteiger partial charge in [-0.2, -0.15) is 5.10 Å². The maximum absolute atomic E-state index is 12.4. The van der Waals surface area contributed by atoms with E-state index in [1.807, 2.05) is 25.1 Å². The second-order valence-electron chi connectivity index (χ2n) is 4.88. The number of benzene rings is 1. The molecule has 2 N–H and O–H groups in total. The minimum Gasteiger partial charge on any atom is -0.497 e. The third-order valence-corrected chi connectivity index (χ3v) is 4.97. The van der Waals surface area contributed by atoms with Crippen molar-refractivity contribution in [1.82, 2.24) is 10.2 Å². The number of H-pyrrole nitrogens is 1. The number of rotatable bonds is 4. The van der Waals surface area contributed by atoms with Crippen LogP contribution >= 0.6 is 27.3 Å². The van der Waals surface area contributed by atoms with Crippen LogP contribution < -0.4 is 10.1 Å². The predicted molar refractivity (Wildman–Crippen MR) is 95.3 cm³/mol. The van der Waals surface area contributed by atoms with Crippen LogP contribution in [0.2, 0.25) is 0 Å². The van der Waals surface area contributed by atoms with Crippen LogP contribution in [0.5, 0.6) is 5.75 Å². The van der Waals surface area contributed by atoms with E-state index >= 15 is 0 Å².